The van der Waals surface area contributed by atoms with Gasteiger partial charge in [-0.1, -0.05) is 18.2 Å². The Morgan fingerprint density at radius 2 is 1.91 bits per heavy atom. The van der Waals surface area contributed by atoms with Gasteiger partial charge in [-0.3, -0.25) is 4.79 Å². The van der Waals surface area contributed by atoms with Crippen LogP contribution in [-0.2, 0) is 11.3 Å². The number of carbonyl (C=O) groups is 1. The molecule has 22 heavy (non-hydrogen) atoms. The zero-order valence-corrected chi connectivity index (χ0v) is 11.7. The maximum Gasteiger partial charge on any atom is 0.244 e. The predicted octanol–water partition coefficient (Wildman–Crippen LogP) is 2.88. The Labute approximate surface area is 127 Å². The first-order chi connectivity index (χ1) is 10.7. The van der Waals surface area contributed by atoms with Crippen LogP contribution >= 0.6 is 0 Å². The molecule has 0 saturated heterocycles. The molecule has 0 radical (unpaired) electrons. The van der Waals surface area contributed by atoms with Crippen LogP contribution in [0.1, 0.15) is 11.1 Å². The van der Waals surface area contributed by atoms with E-state index in [1.807, 2.05) is 18.2 Å². The summed E-state index contributed by atoms with van der Waals surface area (Å²) in [5.74, 6) is 0.881. The summed E-state index contributed by atoms with van der Waals surface area (Å²) in [6.07, 6.45) is 3.05. The van der Waals surface area contributed by atoms with Crippen molar-refractivity contribution in [3.05, 3.63) is 65.5 Å². The molecule has 1 aliphatic heterocycles. The third-order valence-corrected chi connectivity index (χ3v) is 3.20. The SMILES string of the molecule is O=C(/C=C/c1ccc(F)cc1)NCc1ccc2c(c1)OCO2. The fourth-order valence-corrected chi connectivity index (χ4v) is 2.04. The summed E-state index contributed by atoms with van der Waals surface area (Å²) in [5, 5.41) is 2.78. The van der Waals surface area contributed by atoms with Crippen molar-refractivity contribution in [2.45, 2.75) is 6.54 Å². The monoisotopic (exact) mass is 299 g/mol. The van der Waals surface area contributed by atoms with Gasteiger partial charge in [0.25, 0.3) is 0 Å². The van der Waals surface area contributed by atoms with Gasteiger partial charge in [-0.05, 0) is 41.5 Å². The number of carbonyl (C=O) groups excluding carboxylic acids is 1. The van der Waals surface area contributed by atoms with Crippen LogP contribution in [0.3, 0.4) is 0 Å². The second kappa shape index (κ2) is 6.30. The maximum absolute atomic E-state index is 12.8. The number of rotatable bonds is 4. The minimum absolute atomic E-state index is 0.220. The highest BCUT2D eigenvalue weighted by Crippen LogP contribution is 2.32. The number of ether oxygens (including phenoxy) is 2. The Morgan fingerprint density at radius 1 is 1.14 bits per heavy atom. The largest absolute Gasteiger partial charge is 0.454 e. The number of hydrogen-bond donors (Lipinski definition) is 1. The van der Waals surface area contributed by atoms with E-state index in [4.69, 9.17) is 9.47 Å². The molecule has 0 aromatic heterocycles. The lowest BCUT2D eigenvalue weighted by Gasteiger charge is -2.04. The summed E-state index contributed by atoms with van der Waals surface area (Å²) < 4.78 is 23.3. The van der Waals surface area contributed by atoms with Crippen molar-refractivity contribution in [3.63, 3.8) is 0 Å². The van der Waals surface area contributed by atoms with Crippen LogP contribution in [-0.4, -0.2) is 12.7 Å². The average molecular weight is 299 g/mol. The van der Waals surface area contributed by atoms with Crippen molar-refractivity contribution >= 4 is 12.0 Å². The lowest BCUT2D eigenvalue weighted by molar-refractivity contribution is -0.116. The van der Waals surface area contributed by atoms with Crippen LogP contribution in [0, 0.1) is 5.82 Å². The van der Waals surface area contributed by atoms with E-state index in [-0.39, 0.29) is 18.5 Å². The van der Waals surface area contributed by atoms with Crippen LogP contribution < -0.4 is 14.8 Å². The molecular formula is C17H14FNO3. The van der Waals surface area contributed by atoms with Crippen LogP contribution in [0.25, 0.3) is 6.08 Å². The molecule has 1 amide bonds. The van der Waals surface area contributed by atoms with Crippen LogP contribution in [0.2, 0.25) is 0 Å². The third-order valence-electron chi connectivity index (χ3n) is 3.20. The molecule has 3 rings (SSSR count). The molecule has 2 aromatic carbocycles. The van der Waals surface area contributed by atoms with Gasteiger partial charge in [-0.2, -0.15) is 0 Å². The Bertz CT molecular complexity index is 710. The van der Waals surface area contributed by atoms with Crippen molar-refractivity contribution in [2.24, 2.45) is 0 Å². The van der Waals surface area contributed by atoms with E-state index in [2.05, 4.69) is 5.32 Å². The van der Waals surface area contributed by atoms with Gasteiger partial charge in [-0.15, -0.1) is 0 Å². The molecule has 2 aromatic rings. The van der Waals surface area contributed by atoms with Crippen LogP contribution in [0.15, 0.2) is 48.5 Å². The smallest absolute Gasteiger partial charge is 0.244 e. The number of nitrogens with one attached hydrogen (secondary N) is 1. The Hall–Kier alpha value is -2.82. The van der Waals surface area contributed by atoms with E-state index >= 15 is 0 Å². The summed E-state index contributed by atoms with van der Waals surface area (Å²) in [6.45, 7) is 0.620. The van der Waals surface area contributed by atoms with E-state index in [0.717, 1.165) is 11.1 Å². The second-order valence-electron chi connectivity index (χ2n) is 4.79. The van der Waals surface area contributed by atoms with Gasteiger partial charge in [0.15, 0.2) is 11.5 Å². The van der Waals surface area contributed by atoms with Crippen molar-refractivity contribution in [1.82, 2.24) is 5.32 Å². The van der Waals surface area contributed by atoms with Crippen molar-refractivity contribution in [3.8, 4) is 11.5 Å². The minimum atomic E-state index is -0.301. The lowest BCUT2D eigenvalue weighted by atomic mass is 10.2. The molecule has 4 nitrogen and oxygen atoms in total. The molecule has 1 aliphatic rings. The normalized spacial score (nSPS) is 12.6. The van der Waals surface area contributed by atoms with Crippen molar-refractivity contribution in [1.29, 1.82) is 0 Å². The summed E-state index contributed by atoms with van der Waals surface area (Å²) >= 11 is 0. The molecule has 0 spiro atoms. The van der Waals surface area contributed by atoms with Gasteiger partial charge in [0.05, 0.1) is 0 Å². The zero-order valence-electron chi connectivity index (χ0n) is 11.7. The maximum atomic E-state index is 12.8. The minimum Gasteiger partial charge on any atom is -0.454 e. The molecule has 0 saturated carbocycles. The number of benzene rings is 2. The highest BCUT2D eigenvalue weighted by atomic mass is 19.1. The molecule has 1 heterocycles. The van der Waals surface area contributed by atoms with E-state index < -0.39 is 0 Å². The molecule has 0 atom stereocenters. The van der Waals surface area contributed by atoms with E-state index in [9.17, 15) is 9.18 Å². The zero-order chi connectivity index (χ0) is 15.4. The van der Waals surface area contributed by atoms with Crippen molar-refractivity contribution in [2.75, 3.05) is 6.79 Å². The molecule has 0 bridgehead atoms. The number of amides is 1. The molecule has 0 aliphatic carbocycles. The lowest BCUT2D eigenvalue weighted by Crippen LogP contribution is -2.20. The average Bonchev–Trinajstić information content (AvgIpc) is 3.00. The quantitative estimate of drug-likeness (QED) is 0.883. The predicted molar refractivity (Wildman–Crippen MR) is 79.8 cm³/mol. The van der Waals surface area contributed by atoms with Gasteiger partial charge >= 0.3 is 0 Å². The number of halogens is 1. The van der Waals surface area contributed by atoms with Gasteiger partial charge in [-0.25, -0.2) is 4.39 Å². The summed E-state index contributed by atoms with van der Waals surface area (Å²) in [6, 6.07) is 11.4. The summed E-state index contributed by atoms with van der Waals surface area (Å²) in [5.41, 5.74) is 1.69. The van der Waals surface area contributed by atoms with Gasteiger partial charge < -0.3 is 14.8 Å². The summed E-state index contributed by atoms with van der Waals surface area (Å²) in [4.78, 5) is 11.8. The molecule has 1 N–H and O–H groups in total. The highest BCUT2D eigenvalue weighted by molar-refractivity contribution is 5.91. The molecule has 112 valence electrons. The molecule has 5 heteroatoms. The fourth-order valence-electron chi connectivity index (χ4n) is 2.04. The second-order valence-corrected chi connectivity index (χ2v) is 4.79. The van der Waals surface area contributed by atoms with Gasteiger partial charge in [0, 0.05) is 12.6 Å². The van der Waals surface area contributed by atoms with Gasteiger partial charge in [0.2, 0.25) is 12.7 Å². The first kappa shape index (κ1) is 14.1. The van der Waals surface area contributed by atoms with E-state index in [1.165, 1.54) is 18.2 Å². The molecule has 0 unspecified atom stereocenters. The highest BCUT2D eigenvalue weighted by Gasteiger charge is 2.13. The first-order valence-corrected chi connectivity index (χ1v) is 6.81. The summed E-state index contributed by atoms with van der Waals surface area (Å²) in [7, 11) is 0. The Kier molecular flexibility index (Phi) is 4.05. The van der Waals surface area contributed by atoms with Crippen molar-refractivity contribution < 1.29 is 18.7 Å². The third kappa shape index (κ3) is 3.44. The molecular weight excluding hydrogens is 285 g/mol. The number of hydrogen-bond acceptors (Lipinski definition) is 3. The first-order valence-electron chi connectivity index (χ1n) is 6.81. The Balaban J connectivity index is 1.55. The molecule has 0 fully saturated rings. The van der Waals surface area contributed by atoms with E-state index in [1.54, 1.807) is 18.2 Å². The van der Waals surface area contributed by atoms with E-state index in [0.29, 0.717) is 18.0 Å². The van der Waals surface area contributed by atoms with Gasteiger partial charge in [0.1, 0.15) is 5.82 Å². The Morgan fingerprint density at radius 3 is 2.73 bits per heavy atom. The number of fused-ring (bicyclic) bond motifs is 1. The van der Waals surface area contributed by atoms with Crippen LogP contribution in [0.5, 0.6) is 11.5 Å². The fraction of sp³-hybridized carbons (Fsp3) is 0.118. The standard InChI is InChI=1S/C17H14FNO3/c18-14-5-1-12(2-6-14)4-8-17(20)19-10-13-3-7-15-16(9-13)22-11-21-15/h1-9H,10-11H2,(H,19,20)/b8-4+. The van der Waals surface area contributed by atoms with Crippen LogP contribution in [0.4, 0.5) is 4.39 Å². The topological polar surface area (TPSA) is 47.6 Å².